The Morgan fingerprint density at radius 1 is 0.882 bits per heavy atom. The van der Waals surface area contributed by atoms with Crippen LogP contribution in [-0.2, 0) is 19.6 Å². The van der Waals surface area contributed by atoms with E-state index in [-0.39, 0.29) is 0 Å². The van der Waals surface area contributed by atoms with Gasteiger partial charge in [0, 0.05) is 30.2 Å². The molecule has 0 unspecified atom stereocenters. The Kier molecular flexibility index (Phi) is 5.03. The molecule has 34 heavy (non-hydrogen) atoms. The minimum absolute atomic E-state index is 0.606. The molecule has 0 aliphatic heterocycles. The van der Waals surface area contributed by atoms with Crippen LogP contribution in [0.2, 0.25) is 0 Å². The molecule has 168 valence electrons. The number of benzene rings is 2. The Balaban J connectivity index is 1.19. The first kappa shape index (κ1) is 20.2. The molecule has 0 amide bonds. The molecule has 4 aromatic heterocycles. The van der Waals surface area contributed by atoms with E-state index in [1.807, 2.05) is 33.8 Å². The second-order valence-electron chi connectivity index (χ2n) is 8.52. The SMILES string of the molecule is Cc1ccc2n[nH]c(CNc3nccc4nn(Cc5ccc(Cn6cccn6)cc5)cc34)c2c1. The summed E-state index contributed by atoms with van der Waals surface area (Å²) in [5.74, 6) is 0.814. The molecule has 2 aromatic carbocycles. The van der Waals surface area contributed by atoms with Crippen LogP contribution in [0, 0.1) is 6.92 Å². The molecule has 0 fully saturated rings. The zero-order chi connectivity index (χ0) is 22.9. The number of H-pyrrole nitrogens is 1. The lowest BCUT2D eigenvalue weighted by molar-refractivity contribution is 0.682. The fourth-order valence-corrected chi connectivity index (χ4v) is 4.22. The van der Waals surface area contributed by atoms with E-state index in [4.69, 9.17) is 5.10 Å². The zero-order valence-electron chi connectivity index (χ0n) is 18.8. The average Bonchev–Trinajstić information content (AvgIpc) is 3.59. The number of aromatic nitrogens is 7. The highest BCUT2D eigenvalue weighted by molar-refractivity contribution is 5.89. The fourth-order valence-electron chi connectivity index (χ4n) is 4.22. The molecule has 0 atom stereocenters. The Hall–Kier alpha value is -4.46. The first-order valence-corrected chi connectivity index (χ1v) is 11.3. The predicted octanol–water partition coefficient (Wildman–Crippen LogP) is 4.52. The van der Waals surface area contributed by atoms with Crippen molar-refractivity contribution in [3.05, 3.63) is 102 Å². The molecule has 6 aromatic rings. The third-order valence-electron chi connectivity index (χ3n) is 5.97. The van der Waals surface area contributed by atoms with Crippen molar-refractivity contribution in [3.63, 3.8) is 0 Å². The summed E-state index contributed by atoms with van der Waals surface area (Å²) in [5, 5.41) is 22.2. The van der Waals surface area contributed by atoms with Crippen LogP contribution in [0.3, 0.4) is 0 Å². The average molecular weight is 449 g/mol. The summed E-state index contributed by atoms with van der Waals surface area (Å²) in [7, 11) is 0. The summed E-state index contributed by atoms with van der Waals surface area (Å²) < 4.78 is 3.89. The van der Waals surface area contributed by atoms with Gasteiger partial charge in [0.2, 0.25) is 0 Å². The Morgan fingerprint density at radius 2 is 1.71 bits per heavy atom. The summed E-state index contributed by atoms with van der Waals surface area (Å²) in [4.78, 5) is 4.56. The molecule has 0 saturated heterocycles. The van der Waals surface area contributed by atoms with Crippen LogP contribution in [0.15, 0.2) is 79.4 Å². The number of aromatic amines is 1. The number of nitrogens with zero attached hydrogens (tertiary/aromatic N) is 6. The largest absolute Gasteiger partial charge is 0.364 e. The molecule has 0 radical (unpaired) electrons. The third-order valence-corrected chi connectivity index (χ3v) is 5.97. The minimum atomic E-state index is 0.606. The second kappa shape index (κ2) is 8.47. The zero-order valence-corrected chi connectivity index (χ0v) is 18.8. The summed E-state index contributed by atoms with van der Waals surface area (Å²) in [6.07, 6.45) is 7.62. The number of fused-ring (bicyclic) bond motifs is 2. The van der Waals surface area contributed by atoms with Gasteiger partial charge in [0.15, 0.2) is 0 Å². The molecule has 6 rings (SSSR count). The van der Waals surface area contributed by atoms with Gasteiger partial charge in [-0.15, -0.1) is 0 Å². The number of aryl methyl sites for hydroxylation is 1. The monoisotopic (exact) mass is 448 g/mol. The van der Waals surface area contributed by atoms with E-state index in [1.165, 1.54) is 16.7 Å². The number of rotatable bonds is 7. The number of anilines is 1. The van der Waals surface area contributed by atoms with Crippen LogP contribution in [0.5, 0.6) is 0 Å². The van der Waals surface area contributed by atoms with Gasteiger partial charge in [-0.2, -0.15) is 15.3 Å². The first-order chi connectivity index (χ1) is 16.7. The van der Waals surface area contributed by atoms with Crippen molar-refractivity contribution >= 4 is 27.6 Å². The lowest BCUT2D eigenvalue weighted by Crippen LogP contribution is -2.02. The molecule has 8 heteroatoms. The molecule has 0 saturated carbocycles. The quantitative estimate of drug-likeness (QED) is 0.375. The van der Waals surface area contributed by atoms with E-state index in [1.54, 1.807) is 12.4 Å². The minimum Gasteiger partial charge on any atom is -0.364 e. The topological polar surface area (TPSA) is 89.2 Å². The fraction of sp³-hybridized carbons (Fsp3) is 0.154. The van der Waals surface area contributed by atoms with Crippen molar-refractivity contribution in [1.29, 1.82) is 0 Å². The summed E-state index contributed by atoms with van der Waals surface area (Å²) in [6, 6.07) is 18.7. The molecule has 8 nitrogen and oxygen atoms in total. The van der Waals surface area contributed by atoms with Gasteiger partial charge in [-0.1, -0.05) is 35.9 Å². The van der Waals surface area contributed by atoms with Gasteiger partial charge in [0.25, 0.3) is 0 Å². The maximum atomic E-state index is 4.76. The normalized spacial score (nSPS) is 11.4. The van der Waals surface area contributed by atoms with E-state index < -0.39 is 0 Å². The second-order valence-corrected chi connectivity index (χ2v) is 8.52. The molecular formula is C26H24N8. The van der Waals surface area contributed by atoms with E-state index in [0.29, 0.717) is 13.1 Å². The van der Waals surface area contributed by atoms with E-state index in [9.17, 15) is 0 Å². The molecular weight excluding hydrogens is 424 g/mol. The van der Waals surface area contributed by atoms with Gasteiger partial charge in [0.05, 0.1) is 41.7 Å². The highest BCUT2D eigenvalue weighted by atomic mass is 15.3. The van der Waals surface area contributed by atoms with Gasteiger partial charge in [-0.05, 0) is 42.3 Å². The smallest absolute Gasteiger partial charge is 0.137 e. The first-order valence-electron chi connectivity index (χ1n) is 11.3. The van der Waals surface area contributed by atoms with Crippen LogP contribution in [0.1, 0.15) is 22.4 Å². The van der Waals surface area contributed by atoms with Crippen molar-refractivity contribution in [2.45, 2.75) is 26.6 Å². The summed E-state index contributed by atoms with van der Waals surface area (Å²) >= 11 is 0. The Labute approximate surface area is 196 Å². The number of hydrogen-bond donors (Lipinski definition) is 2. The van der Waals surface area contributed by atoms with Crippen LogP contribution >= 0.6 is 0 Å². The highest BCUT2D eigenvalue weighted by Gasteiger charge is 2.10. The van der Waals surface area contributed by atoms with Gasteiger partial charge < -0.3 is 5.32 Å². The molecule has 0 aliphatic carbocycles. The number of pyridine rings is 1. The summed E-state index contributed by atoms with van der Waals surface area (Å²) in [6.45, 7) is 4.16. The van der Waals surface area contributed by atoms with Gasteiger partial charge in [0.1, 0.15) is 5.82 Å². The van der Waals surface area contributed by atoms with Crippen molar-refractivity contribution in [3.8, 4) is 0 Å². The molecule has 4 heterocycles. The standard InChI is InChI=1S/C26H24N8/c1-18-3-8-23-21(13-18)25(31-30-23)14-28-26-22-17-34(32-24(22)9-11-27-26)16-20-6-4-19(5-7-20)15-33-12-2-10-29-33/h2-13,17H,14-16H2,1H3,(H,27,28)(H,30,31). The molecule has 0 aliphatic rings. The van der Waals surface area contributed by atoms with E-state index in [2.05, 4.69) is 75.1 Å². The van der Waals surface area contributed by atoms with Crippen LogP contribution in [0.25, 0.3) is 21.8 Å². The number of nitrogens with one attached hydrogen (secondary N) is 2. The van der Waals surface area contributed by atoms with Crippen molar-refractivity contribution in [2.75, 3.05) is 5.32 Å². The van der Waals surface area contributed by atoms with E-state index >= 15 is 0 Å². The van der Waals surface area contributed by atoms with Crippen molar-refractivity contribution < 1.29 is 0 Å². The van der Waals surface area contributed by atoms with Gasteiger partial charge in [-0.25, -0.2) is 4.98 Å². The van der Waals surface area contributed by atoms with Crippen molar-refractivity contribution in [1.82, 2.24) is 34.7 Å². The lowest BCUT2D eigenvalue weighted by Gasteiger charge is -2.06. The Bertz CT molecular complexity index is 1560. The Morgan fingerprint density at radius 3 is 2.50 bits per heavy atom. The third kappa shape index (κ3) is 4.01. The van der Waals surface area contributed by atoms with Crippen LogP contribution < -0.4 is 5.32 Å². The maximum absolute atomic E-state index is 4.76. The molecule has 0 spiro atoms. The predicted molar refractivity (Wildman–Crippen MR) is 133 cm³/mol. The van der Waals surface area contributed by atoms with E-state index in [0.717, 1.165) is 39.9 Å². The van der Waals surface area contributed by atoms with Crippen molar-refractivity contribution in [2.24, 2.45) is 0 Å². The van der Waals surface area contributed by atoms with Gasteiger partial charge in [-0.3, -0.25) is 14.5 Å². The van der Waals surface area contributed by atoms with Crippen LogP contribution in [-0.4, -0.2) is 34.7 Å². The highest BCUT2D eigenvalue weighted by Crippen LogP contribution is 2.23. The van der Waals surface area contributed by atoms with Gasteiger partial charge >= 0.3 is 0 Å². The lowest BCUT2D eigenvalue weighted by atomic mass is 10.1. The van der Waals surface area contributed by atoms with Crippen LogP contribution in [0.4, 0.5) is 5.82 Å². The summed E-state index contributed by atoms with van der Waals surface area (Å²) in [5.41, 5.74) is 6.55. The number of hydrogen-bond acceptors (Lipinski definition) is 5. The molecule has 2 N–H and O–H groups in total. The maximum Gasteiger partial charge on any atom is 0.137 e. The molecule has 0 bridgehead atoms.